The van der Waals surface area contributed by atoms with Crippen molar-refractivity contribution in [1.82, 2.24) is 10.2 Å². The fourth-order valence-electron chi connectivity index (χ4n) is 2.79. The van der Waals surface area contributed by atoms with Gasteiger partial charge in [0.15, 0.2) is 0 Å². The second kappa shape index (κ2) is 9.67. The van der Waals surface area contributed by atoms with Crippen LogP contribution < -0.4 is 15.4 Å². The minimum Gasteiger partial charge on any atom is -0.493 e. The third kappa shape index (κ3) is 5.89. The summed E-state index contributed by atoms with van der Waals surface area (Å²) < 4.78 is 5.77. The standard InChI is InChI=1S/C21H21Cl2N3O3/c1-24-21(28)25-16-4-6-17(7-5-16)29-13-15-11-26(12-15)20(27)9-3-14-2-8-18(22)19(23)10-14/h2-10,15H,11-13H2,1H3,(H2,24,25,28)/b9-3+. The Balaban J connectivity index is 1.40. The van der Waals surface area contributed by atoms with Crippen molar-refractivity contribution in [1.29, 1.82) is 0 Å². The van der Waals surface area contributed by atoms with Gasteiger partial charge < -0.3 is 20.3 Å². The Bertz CT molecular complexity index is 910. The Morgan fingerprint density at radius 3 is 2.52 bits per heavy atom. The van der Waals surface area contributed by atoms with Crippen molar-refractivity contribution in [2.45, 2.75) is 0 Å². The highest BCUT2D eigenvalue weighted by Gasteiger charge is 2.29. The van der Waals surface area contributed by atoms with E-state index in [-0.39, 0.29) is 11.9 Å². The number of nitrogens with zero attached hydrogens (tertiary/aromatic N) is 1. The van der Waals surface area contributed by atoms with Gasteiger partial charge in [-0.15, -0.1) is 0 Å². The maximum absolute atomic E-state index is 12.2. The lowest BCUT2D eigenvalue weighted by atomic mass is 10.0. The van der Waals surface area contributed by atoms with E-state index in [1.54, 1.807) is 60.5 Å². The van der Waals surface area contributed by atoms with Crippen LogP contribution in [0.1, 0.15) is 5.56 Å². The van der Waals surface area contributed by atoms with E-state index in [1.807, 2.05) is 0 Å². The zero-order chi connectivity index (χ0) is 20.8. The smallest absolute Gasteiger partial charge is 0.318 e. The number of halogens is 2. The van der Waals surface area contributed by atoms with Gasteiger partial charge in [-0.3, -0.25) is 4.79 Å². The number of amides is 3. The summed E-state index contributed by atoms with van der Waals surface area (Å²) >= 11 is 11.9. The van der Waals surface area contributed by atoms with Crippen LogP contribution in [-0.2, 0) is 4.79 Å². The van der Waals surface area contributed by atoms with Crippen LogP contribution >= 0.6 is 23.2 Å². The Labute approximate surface area is 179 Å². The van der Waals surface area contributed by atoms with Gasteiger partial charge in [0.25, 0.3) is 0 Å². The Morgan fingerprint density at radius 2 is 1.86 bits per heavy atom. The number of ether oxygens (including phenoxy) is 1. The van der Waals surface area contributed by atoms with Crippen molar-refractivity contribution in [2.24, 2.45) is 5.92 Å². The van der Waals surface area contributed by atoms with E-state index in [0.717, 1.165) is 11.3 Å². The van der Waals surface area contributed by atoms with Gasteiger partial charge in [0.05, 0.1) is 16.7 Å². The van der Waals surface area contributed by atoms with Gasteiger partial charge in [-0.25, -0.2) is 4.79 Å². The summed E-state index contributed by atoms with van der Waals surface area (Å²) in [4.78, 5) is 25.2. The number of rotatable bonds is 6. The summed E-state index contributed by atoms with van der Waals surface area (Å²) in [7, 11) is 1.56. The van der Waals surface area contributed by atoms with Crippen LogP contribution in [-0.4, -0.2) is 43.6 Å². The maximum atomic E-state index is 12.2. The van der Waals surface area contributed by atoms with Gasteiger partial charge in [0.2, 0.25) is 5.91 Å². The fraction of sp³-hybridized carbons (Fsp3) is 0.238. The molecule has 0 aliphatic carbocycles. The van der Waals surface area contributed by atoms with Crippen LogP contribution in [0.15, 0.2) is 48.5 Å². The summed E-state index contributed by atoms with van der Waals surface area (Å²) in [6, 6.07) is 12.1. The lowest BCUT2D eigenvalue weighted by Crippen LogP contribution is -2.51. The molecule has 0 bridgehead atoms. The number of urea groups is 1. The molecule has 3 rings (SSSR count). The summed E-state index contributed by atoms with van der Waals surface area (Å²) in [6.45, 7) is 1.84. The van der Waals surface area contributed by atoms with E-state index in [4.69, 9.17) is 27.9 Å². The Hall–Kier alpha value is -2.70. The van der Waals surface area contributed by atoms with Crippen LogP contribution in [0.3, 0.4) is 0 Å². The summed E-state index contributed by atoms with van der Waals surface area (Å²) in [5, 5.41) is 6.12. The molecule has 0 aromatic heterocycles. The molecule has 0 spiro atoms. The lowest BCUT2D eigenvalue weighted by Gasteiger charge is -2.38. The quantitative estimate of drug-likeness (QED) is 0.667. The maximum Gasteiger partial charge on any atom is 0.318 e. The highest BCUT2D eigenvalue weighted by Crippen LogP contribution is 2.24. The first-order chi connectivity index (χ1) is 13.9. The highest BCUT2D eigenvalue weighted by molar-refractivity contribution is 6.42. The molecule has 152 valence electrons. The number of benzene rings is 2. The molecular weight excluding hydrogens is 413 g/mol. The molecule has 3 amide bonds. The van der Waals surface area contributed by atoms with Crippen LogP contribution in [0.2, 0.25) is 10.0 Å². The molecule has 1 aliphatic heterocycles. The normalized spacial score (nSPS) is 13.8. The first-order valence-electron chi connectivity index (χ1n) is 9.08. The van der Waals surface area contributed by atoms with E-state index < -0.39 is 0 Å². The molecule has 0 radical (unpaired) electrons. The average Bonchev–Trinajstić information content (AvgIpc) is 2.68. The van der Waals surface area contributed by atoms with E-state index >= 15 is 0 Å². The second-order valence-electron chi connectivity index (χ2n) is 6.66. The van der Waals surface area contributed by atoms with Crippen molar-refractivity contribution in [3.05, 3.63) is 64.1 Å². The topological polar surface area (TPSA) is 70.7 Å². The van der Waals surface area contributed by atoms with Crippen molar-refractivity contribution in [3.63, 3.8) is 0 Å². The molecule has 1 saturated heterocycles. The number of likely N-dealkylation sites (tertiary alicyclic amines) is 1. The van der Waals surface area contributed by atoms with Crippen LogP contribution in [0.25, 0.3) is 6.08 Å². The second-order valence-corrected chi connectivity index (χ2v) is 7.47. The predicted octanol–water partition coefficient (Wildman–Crippen LogP) is 4.30. The first kappa shape index (κ1) is 21.0. The van der Waals surface area contributed by atoms with Crippen molar-refractivity contribution in [3.8, 4) is 5.75 Å². The molecule has 8 heteroatoms. The van der Waals surface area contributed by atoms with Gasteiger partial charge in [-0.1, -0.05) is 29.3 Å². The van der Waals surface area contributed by atoms with E-state index in [1.165, 1.54) is 6.08 Å². The molecular formula is C21H21Cl2N3O3. The number of nitrogens with one attached hydrogen (secondary N) is 2. The molecule has 1 aliphatic rings. The predicted molar refractivity (Wildman–Crippen MR) is 116 cm³/mol. The minimum atomic E-state index is -0.272. The number of carbonyl (C=O) groups excluding carboxylic acids is 2. The summed E-state index contributed by atoms with van der Waals surface area (Å²) in [6.07, 6.45) is 3.26. The molecule has 1 fully saturated rings. The Morgan fingerprint density at radius 1 is 1.14 bits per heavy atom. The molecule has 2 aromatic carbocycles. The van der Waals surface area contributed by atoms with Crippen molar-refractivity contribution >= 4 is 46.9 Å². The highest BCUT2D eigenvalue weighted by atomic mass is 35.5. The molecule has 6 nitrogen and oxygen atoms in total. The number of carbonyl (C=O) groups is 2. The monoisotopic (exact) mass is 433 g/mol. The van der Waals surface area contributed by atoms with Crippen LogP contribution in [0, 0.1) is 5.92 Å². The minimum absolute atomic E-state index is 0.0445. The SMILES string of the molecule is CNC(=O)Nc1ccc(OCC2CN(C(=O)/C=C/c3ccc(Cl)c(Cl)c3)C2)cc1. The lowest BCUT2D eigenvalue weighted by molar-refractivity contribution is -0.132. The summed E-state index contributed by atoms with van der Waals surface area (Å²) in [5.41, 5.74) is 1.51. The average molecular weight is 434 g/mol. The molecule has 2 N–H and O–H groups in total. The van der Waals surface area contributed by atoms with Crippen molar-refractivity contribution in [2.75, 3.05) is 32.1 Å². The molecule has 0 saturated carbocycles. The fourth-order valence-corrected chi connectivity index (χ4v) is 3.09. The van der Waals surface area contributed by atoms with E-state index in [9.17, 15) is 9.59 Å². The molecule has 0 atom stereocenters. The van der Waals surface area contributed by atoms with Gasteiger partial charge in [0, 0.05) is 37.8 Å². The van der Waals surface area contributed by atoms with Gasteiger partial charge in [0.1, 0.15) is 5.75 Å². The molecule has 29 heavy (non-hydrogen) atoms. The molecule has 0 unspecified atom stereocenters. The van der Waals surface area contributed by atoms with E-state index in [2.05, 4.69) is 10.6 Å². The Kier molecular flexibility index (Phi) is 7.01. The third-order valence-corrected chi connectivity index (χ3v) is 5.19. The van der Waals surface area contributed by atoms with Crippen LogP contribution in [0.4, 0.5) is 10.5 Å². The zero-order valence-electron chi connectivity index (χ0n) is 15.8. The van der Waals surface area contributed by atoms with Gasteiger partial charge in [-0.05, 0) is 48.0 Å². The number of hydrogen-bond acceptors (Lipinski definition) is 3. The van der Waals surface area contributed by atoms with Crippen molar-refractivity contribution < 1.29 is 14.3 Å². The van der Waals surface area contributed by atoms with E-state index in [0.29, 0.717) is 41.3 Å². The van der Waals surface area contributed by atoms with Gasteiger partial charge in [-0.2, -0.15) is 0 Å². The molecule has 2 aromatic rings. The zero-order valence-corrected chi connectivity index (χ0v) is 17.3. The third-order valence-electron chi connectivity index (χ3n) is 4.46. The largest absolute Gasteiger partial charge is 0.493 e. The first-order valence-corrected chi connectivity index (χ1v) is 9.84. The van der Waals surface area contributed by atoms with Crippen LogP contribution in [0.5, 0.6) is 5.75 Å². The summed E-state index contributed by atoms with van der Waals surface area (Å²) in [5.74, 6) is 0.967. The van der Waals surface area contributed by atoms with Gasteiger partial charge >= 0.3 is 6.03 Å². The molecule has 1 heterocycles. The number of hydrogen-bond donors (Lipinski definition) is 2. The number of anilines is 1.